The number of benzene rings is 2. The van der Waals surface area contributed by atoms with Crippen LogP contribution in [0.2, 0.25) is 0 Å². The molecule has 0 spiro atoms. The van der Waals surface area contributed by atoms with Crippen LogP contribution in [0.5, 0.6) is 0 Å². The lowest BCUT2D eigenvalue weighted by atomic mass is 9.93. The van der Waals surface area contributed by atoms with Gasteiger partial charge in [0.2, 0.25) is 0 Å². The Bertz CT molecular complexity index is 982. The molecule has 3 rings (SSSR count). The number of amides is 1. The highest BCUT2D eigenvalue weighted by Gasteiger charge is 2.20. The fraction of sp³-hybridized carbons (Fsp3) is 0.0526. The molecule has 1 aromatic heterocycles. The van der Waals surface area contributed by atoms with Crippen molar-refractivity contribution in [3.05, 3.63) is 65.9 Å². The first-order chi connectivity index (χ1) is 12.1. The topological polar surface area (TPSA) is 96.4 Å². The largest absolute Gasteiger partial charge is 0.478 e. The molecule has 0 aliphatic rings. The lowest BCUT2D eigenvalue weighted by Crippen LogP contribution is -2.26. The quantitative estimate of drug-likeness (QED) is 0.699. The summed E-state index contributed by atoms with van der Waals surface area (Å²) in [5.41, 5.74) is 1.89. The minimum Gasteiger partial charge on any atom is -0.478 e. The predicted octanol–water partition coefficient (Wildman–Crippen LogP) is 2.53. The highest BCUT2D eigenvalue weighted by Crippen LogP contribution is 2.30. The number of aromatic carboxylic acids is 1. The summed E-state index contributed by atoms with van der Waals surface area (Å²) in [5, 5.41) is 12.8. The summed E-state index contributed by atoms with van der Waals surface area (Å²) in [4.78, 5) is 38.7. The normalized spacial score (nSPS) is 10.4. The molecule has 3 aromatic rings. The minimum atomic E-state index is -1.13. The summed E-state index contributed by atoms with van der Waals surface area (Å²) in [5.74, 6) is -1.64. The summed E-state index contributed by atoms with van der Waals surface area (Å²) >= 11 is 0. The van der Waals surface area contributed by atoms with E-state index in [0.29, 0.717) is 17.4 Å². The van der Waals surface area contributed by atoms with Gasteiger partial charge in [-0.2, -0.15) is 0 Å². The number of carbonyl (C=O) groups excluding carboxylic acids is 2. The second kappa shape index (κ2) is 6.92. The summed E-state index contributed by atoms with van der Waals surface area (Å²) in [7, 11) is 0. The zero-order chi connectivity index (χ0) is 17.8. The van der Waals surface area contributed by atoms with Gasteiger partial charge in [-0.1, -0.05) is 18.2 Å². The van der Waals surface area contributed by atoms with Crippen molar-refractivity contribution in [1.82, 2.24) is 10.3 Å². The van der Waals surface area contributed by atoms with E-state index in [1.54, 1.807) is 30.5 Å². The number of aldehydes is 1. The van der Waals surface area contributed by atoms with Crippen molar-refractivity contribution < 1.29 is 19.5 Å². The standard InChI is InChI=1S/C19H14N2O4/c22-10-9-21-18(23)14-4-1-5-15(19(24)25)17(14)13-6-7-16-12(11-13)3-2-8-20-16/h1-8,10-11H,9H2,(H,21,23)(H,24,25). The van der Waals surface area contributed by atoms with E-state index in [0.717, 1.165) is 10.9 Å². The van der Waals surface area contributed by atoms with Gasteiger partial charge in [-0.25, -0.2) is 4.79 Å². The molecule has 2 aromatic carbocycles. The summed E-state index contributed by atoms with van der Waals surface area (Å²) in [6, 6.07) is 13.4. The molecular formula is C19H14N2O4. The van der Waals surface area contributed by atoms with E-state index < -0.39 is 11.9 Å². The smallest absolute Gasteiger partial charge is 0.336 e. The van der Waals surface area contributed by atoms with Crippen molar-refractivity contribution in [2.75, 3.05) is 6.54 Å². The third-order valence-corrected chi connectivity index (χ3v) is 3.78. The molecule has 0 saturated heterocycles. The Kier molecular flexibility index (Phi) is 4.52. The number of carboxylic acids is 1. The summed E-state index contributed by atoms with van der Waals surface area (Å²) < 4.78 is 0. The van der Waals surface area contributed by atoms with Crippen molar-refractivity contribution in [3.63, 3.8) is 0 Å². The van der Waals surface area contributed by atoms with Gasteiger partial charge in [0.05, 0.1) is 17.6 Å². The zero-order valence-corrected chi connectivity index (χ0v) is 13.1. The number of rotatable bonds is 5. The van der Waals surface area contributed by atoms with Crippen LogP contribution in [0, 0.1) is 0 Å². The lowest BCUT2D eigenvalue weighted by molar-refractivity contribution is -0.107. The second-order valence-electron chi connectivity index (χ2n) is 5.32. The molecule has 2 N–H and O–H groups in total. The highest BCUT2D eigenvalue weighted by molar-refractivity contribution is 6.08. The van der Waals surface area contributed by atoms with Gasteiger partial charge in [-0.05, 0) is 35.9 Å². The van der Waals surface area contributed by atoms with Crippen molar-refractivity contribution >= 4 is 29.1 Å². The first kappa shape index (κ1) is 16.3. The van der Waals surface area contributed by atoms with E-state index in [2.05, 4.69) is 10.3 Å². The molecule has 124 valence electrons. The van der Waals surface area contributed by atoms with Crippen molar-refractivity contribution in [2.24, 2.45) is 0 Å². The number of pyridine rings is 1. The molecule has 1 amide bonds. The molecule has 0 unspecified atom stereocenters. The number of fused-ring (bicyclic) bond motifs is 1. The fourth-order valence-corrected chi connectivity index (χ4v) is 2.69. The number of nitrogens with one attached hydrogen (secondary N) is 1. The Balaban J connectivity index is 2.21. The van der Waals surface area contributed by atoms with Gasteiger partial charge < -0.3 is 15.2 Å². The fourth-order valence-electron chi connectivity index (χ4n) is 2.69. The molecular weight excluding hydrogens is 320 g/mol. The molecule has 0 fully saturated rings. The predicted molar refractivity (Wildman–Crippen MR) is 92.5 cm³/mol. The molecule has 0 atom stereocenters. The maximum atomic E-state index is 12.4. The average molecular weight is 334 g/mol. The van der Waals surface area contributed by atoms with Gasteiger partial charge >= 0.3 is 5.97 Å². The number of aromatic nitrogens is 1. The van der Waals surface area contributed by atoms with E-state index in [9.17, 15) is 19.5 Å². The third-order valence-electron chi connectivity index (χ3n) is 3.78. The van der Waals surface area contributed by atoms with E-state index in [1.807, 2.05) is 6.07 Å². The van der Waals surface area contributed by atoms with Crippen LogP contribution in [0.15, 0.2) is 54.7 Å². The van der Waals surface area contributed by atoms with Crippen molar-refractivity contribution in [2.45, 2.75) is 0 Å². The van der Waals surface area contributed by atoms with Gasteiger partial charge in [-0.3, -0.25) is 9.78 Å². The van der Waals surface area contributed by atoms with Crippen LogP contribution in [0.25, 0.3) is 22.0 Å². The van der Waals surface area contributed by atoms with E-state index in [1.165, 1.54) is 18.2 Å². The number of nitrogens with zero attached hydrogens (tertiary/aromatic N) is 1. The van der Waals surface area contributed by atoms with Crippen LogP contribution in [0.4, 0.5) is 0 Å². The maximum Gasteiger partial charge on any atom is 0.336 e. The molecule has 6 nitrogen and oxygen atoms in total. The third kappa shape index (κ3) is 3.23. The van der Waals surface area contributed by atoms with Crippen LogP contribution in [0.3, 0.4) is 0 Å². The summed E-state index contributed by atoms with van der Waals surface area (Å²) in [6.07, 6.45) is 2.24. The van der Waals surface area contributed by atoms with Crippen molar-refractivity contribution in [1.29, 1.82) is 0 Å². The van der Waals surface area contributed by atoms with Gasteiger partial charge in [0.25, 0.3) is 5.91 Å². The Morgan fingerprint density at radius 1 is 1.08 bits per heavy atom. The first-order valence-electron chi connectivity index (χ1n) is 7.55. The number of carbonyl (C=O) groups is 3. The van der Waals surface area contributed by atoms with Gasteiger partial charge in [-0.15, -0.1) is 0 Å². The van der Waals surface area contributed by atoms with Gasteiger partial charge in [0, 0.05) is 22.7 Å². The first-order valence-corrected chi connectivity index (χ1v) is 7.55. The molecule has 0 saturated carbocycles. The molecule has 1 heterocycles. The second-order valence-corrected chi connectivity index (χ2v) is 5.32. The number of carboxylic acid groups (broad SMARTS) is 1. The van der Waals surface area contributed by atoms with Gasteiger partial charge in [0.1, 0.15) is 6.29 Å². The van der Waals surface area contributed by atoms with Gasteiger partial charge in [0.15, 0.2) is 0 Å². The molecule has 6 heteroatoms. The number of hydrogen-bond acceptors (Lipinski definition) is 4. The molecule has 0 aliphatic carbocycles. The highest BCUT2D eigenvalue weighted by atomic mass is 16.4. The minimum absolute atomic E-state index is 0.0157. The van der Waals surface area contributed by atoms with E-state index >= 15 is 0 Å². The molecule has 25 heavy (non-hydrogen) atoms. The Morgan fingerprint density at radius 2 is 1.88 bits per heavy atom. The monoisotopic (exact) mass is 334 g/mol. The zero-order valence-electron chi connectivity index (χ0n) is 13.1. The molecule has 0 radical (unpaired) electrons. The lowest BCUT2D eigenvalue weighted by Gasteiger charge is -2.13. The summed E-state index contributed by atoms with van der Waals surface area (Å²) in [6.45, 7) is -0.142. The maximum absolute atomic E-state index is 12.4. The molecule has 0 aliphatic heterocycles. The van der Waals surface area contributed by atoms with Crippen LogP contribution < -0.4 is 5.32 Å². The van der Waals surface area contributed by atoms with Crippen LogP contribution in [-0.4, -0.2) is 34.8 Å². The van der Waals surface area contributed by atoms with Crippen molar-refractivity contribution in [3.8, 4) is 11.1 Å². The SMILES string of the molecule is O=CCNC(=O)c1cccc(C(=O)O)c1-c1ccc2ncccc2c1. The Morgan fingerprint density at radius 3 is 2.64 bits per heavy atom. The number of hydrogen-bond donors (Lipinski definition) is 2. The van der Waals surface area contributed by atoms with E-state index in [4.69, 9.17) is 0 Å². The molecule has 0 bridgehead atoms. The Labute approximate surface area is 143 Å². The Hall–Kier alpha value is -3.54. The average Bonchev–Trinajstić information content (AvgIpc) is 2.65. The van der Waals surface area contributed by atoms with E-state index in [-0.39, 0.29) is 17.7 Å². The van der Waals surface area contributed by atoms with Crippen LogP contribution in [0.1, 0.15) is 20.7 Å². The van der Waals surface area contributed by atoms with Crippen LogP contribution in [-0.2, 0) is 4.79 Å². The van der Waals surface area contributed by atoms with Crippen LogP contribution >= 0.6 is 0 Å².